The van der Waals surface area contributed by atoms with E-state index in [1.807, 2.05) is 0 Å². The van der Waals surface area contributed by atoms with Crippen molar-refractivity contribution in [3.05, 3.63) is 23.4 Å². The second-order valence-corrected chi connectivity index (χ2v) is 4.47. The van der Waals surface area contributed by atoms with Gasteiger partial charge in [-0.3, -0.25) is 0 Å². The van der Waals surface area contributed by atoms with Gasteiger partial charge in [-0.2, -0.15) is 13.2 Å². The first kappa shape index (κ1) is 17.2. The SMILES string of the molecule is CCC(CO)(CO)Nc1nc(C(F)(F)F)ccc1C(=O)O. The van der Waals surface area contributed by atoms with Crippen LogP contribution in [0.4, 0.5) is 19.0 Å². The molecule has 21 heavy (non-hydrogen) atoms. The number of pyridine rings is 1. The Morgan fingerprint density at radius 3 is 2.24 bits per heavy atom. The number of rotatable bonds is 6. The third kappa shape index (κ3) is 3.82. The molecule has 0 spiro atoms. The van der Waals surface area contributed by atoms with E-state index in [1.165, 1.54) is 0 Å². The van der Waals surface area contributed by atoms with Crippen molar-refractivity contribution in [1.29, 1.82) is 0 Å². The molecule has 0 saturated heterocycles. The van der Waals surface area contributed by atoms with Crippen LogP contribution in [0.3, 0.4) is 0 Å². The summed E-state index contributed by atoms with van der Waals surface area (Å²) < 4.78 is 37.9. The summed E-state index contributed by atoms with van der Waals surface area (Å²) in [6.07, 6.45) is -4.59. The minimum absolute atomic E-state index is 0.150. The molecule has 0 unspecified atom stereocenters. The summed E-state index contributed by atoms with van der Waals surface area (Å²) in [4.78, 5) is 14.3. The van der Waals surface area contributed by atoms with E-state index >= 15 is 0 Å². The molecule has 6 nitrogen and oxygen atoms in total. The van der Waals surface area contributed by atoms with Gasteiger partial charge in [0.15, 0.2) is 0 Å². The molecule has 118 valence electrons. The Kier molecular flexibility index (Phi) is 5.13. The summed E-state index contributed by atoms with van der Waals surface area (Å²) in [7, 11) is 0. The average molecular weight is 308 g/mol. The highest BCUT2D eigenvalue weighted by molar-refractivity contribution is 5.93. The molecular weight excluding hydrogens is 293 g/mol. The highest BCUT2D eigenvalue weighted by Crippen LogP contribution is 2.30. The Labute approximate surface area is 118 Å². The smallest absolute Gasteiger partial charge is 0.433 e. The lowest BCUT2D eigenvalue weighted by Crippen LogP contribution is -2.46. The van der Waals surface area contributed by atoms with Crippen molar-refractivity contribution in [3.8, 4) is 0 Å². The zero-order valence-corrected chi connectivity index (χ0v) is 11.1. The topological polar surface area (TPSA) is 103 Å². The molecular formula is C12H15F3N2O4. The Balaban J connectivity index is 3.33. The zero-order valence-electron chi connectivity index (χ0n) is 11.1. The molecule has 0 atom stereocenters. The molecule has 0 bridgehead atoms. The summed E-state index contributed by atoms with van der Waals surface area (Å²) in [5.74, 6) is -2.03. The number of carboxylic acids is 1. The fourth-order valence-electron chi connectivity index (χ4n) is 1.58. The number of aliphatic hydroxyl groups excluding tert-OH is 2. The third-order valence-corrected chi connectivity index (χ3v) is 3.08. The molecule has 0 radical (unpaired) electrons. The van der Waals surface area contributed by atoms with Gasteiger partial charge < -0.3 is 20.6 Å². The summed E-state index contributed by atoms with van der Waals surface area (Å²) in [5, 5.41) is 30.0. The molecule has 0 aromatic carbocycles. The average Bonchev–Trinajstić information content (AvgIpc) is 2.43. The Morgan fingerprint density at radius 1 is 1.29 bits per heavy atom. The Hall–Kier alpha value is -1.87. The second-order valence-electron chi connectivity index (χ2n) is 4.47. The predicted molar refractivity (Wildman–Crippen MR) is 67.0 cm³/mol. The van der Waals surface area contributed by atoms with E-state index in [0.717, 1.165) is 6.07 Å². The lowest BCUT2D eigenvalue weighted by molar-refractivity contribution is -0.141. The van der Waals surface area contributed by atoms with Crippen molar-refractivity contribution >= 4 is 11.8 Å². The summed E-state index contributed by atoms with van der Waals surface area (Å²) >= 11 is 0. The lowest BCUT2D eigenvalue weighted by Gasteiger charge is -2.31. The standard InChI is InChI=1S/C12H15F3N2O4/c1-2-11(5-18,6-19)17-9-7(10(20)21)3-4-8(16-9)12(13,14)15/h3-4,18-19H,2,5-6H2,1H3,(H,16,17)(H,20,21). The highest BCUT2D eigenvalue weighted by Gasteiger charge is 2.35. The van der Waals surface area contributed by atoms with Gasteiger partial charge >= 0.3 is 12.1 Å². The molecule has 9 heteroatoms. The number of halogens is 3. The van der Waals surface area contributed by atoms with Gasteiger partial charge in [-0.15, -0.1) is 0 Å². The molecule has 0 aliphatic rings. The largest absolute Gasteiger partial charge is 0.478 e. The van der Waals surface area contributed by atoms with Gasteiger partial charge in [0.2, 0.25) is 0 Å². The number of nitrogens with zero attached hydrogens (tertiary/aromatic N) is 1. The van der Waals surface area contributed by atoms with E-state index in [9.17, 15) is 28.2 Å². The fourth-order valence-corrected chi connectivity index (χ4v) is 1.58. The van der Waals surface area contributed by atoms with Crippen LogP contribution in [0.2, 0.25) is 0 Å². The van der Waals surface area contributed by atoms with Crippen molar-refractivity contribution in [2.45, 2.75) is 25.1 Å². The molecule has 1 aromatic rings. The van der Waals surface area contributed by atoms with E-state index in [4.69, 9.17) is 5.11 Å². The molecule has 0 aliphatic carbocycles. The number of hydrogen-bond acceptors (Lipinski definition) is 5. The van der Waals surface area contributed by atoms with Crippen LogP contribution in [0, 0.1) is 0 Å². The molecule has 0 aliphatic heterocycles. The van der Waals surface area contributed by atoms with Crippen LogP contribution in [-0.4, -0.2) is 45.0 Å². The second kappa shape index (κ2) is 6.27. The zero-order chi connectivity index (χ0) is 16.3. The first-order valence-electron chi connectivity index (χ1n) is 6.00. The molecule has 1 aromatic heterocycles. The lowest BCUT2D eigenvalue weighted by atomic mass is 9.98. The number of carboxylic acid groups (broad SMARTS) is 1. The molecule has 1 heterocycles. The van der Waals surface area contributed by atoms with Gasteiger partial charge in [-0.1, -0.05) is 6.92 Å². The quantitative estimate of drug-likeness (QED) is 0.632. The van der Waals surface area contributed by atoms with Crippen LogP contribution < -0.4 is 5.32 Å². The number of carbonyl (C=O) groups is 1. The van der Waals surface area contributed by atoms with Gasteiger partial charge in [0.05, 0.1) is 18.8 Å². The maximum atomic E-state index is 12.6. The number of hydrogen-bond donors (Lipinski definition) is 4. The van der Waals surface area contributed by atoms with Gasteiger partial charge in [-0.05, 0) is 18.6 Å². The normalized spacial score (nSPS) is 12.3. The number of nitrogens with one attached hydrogen (secondary N) is 1. The number of alkyl halides is 3. The number of aliphatic hydroxyl groups is 2. The van der Waals surface area contributed by atoms with E-state index in [0.29, 0.717) is 6.07 Å². The van der Waals surface area contributed by atoms with Crippen molar-refractivity contribution in [3.63, 3.8) is 0 Å². The minimum Gasteiger partial charge on any atom is -0.478 e. The Morgan fingerprint density at radius 2 is 1.86 bits per heavy atom. The molecule has 0 saturated carbocycles. The van der Waals surface area contributed by atoms with Crippen LogP contribution in [0.1, 0.15) is 29.4 Å². The van der Waals surface area contributed by atoms with E-state index in [-0.39, 0.29) is 6.42 Å². The third-order valence-electron chi connectivity index (χ3n) is 3.08. The van der Waals surface area contributed by atoms with Crippen molar-refractivity contribution in [1.82, 2.24) is 4.98 Å². The molecule has 4 N–H and O–H groups in total. The van der Waals surface area contributed by atoms with E-state index < -0.39 is 48.0 Å². The first-order chi connectivity index (χ1) is 9.69. The monoisotopic (exact) mass is 308 g/mol. The van der Waals surface area contributed by atoms with Crippen molar-refractivity contribution < 1.29 is 33.3 Å². The summed E-state index contributed by atoms with van der Waals surface area (Å²) in [6.45, 7) is 0.376. The first-order valence-corrected chi connectivity index (χ1v) is 6.00. The summed E-state index contributed by atoms with van der Waals surface area (Å²) in [6, 6.07) is 1.33. The number of aromatic carboxylic acids is 1. The van der Waals surface area contributed by atoms with E-state index in [1.54, 1.807) is 6.92 Å². The maximum Gasteiger partial charge on any atom is 0.433 e. The summed E-state index contributed by atoms with van der Waals surface area (Å²) in [5.41, 5.74) is -3.11. The Bertz CT molecular complexity index is 507. The van der Waals surface area contributed by atoms with Crippen LogP contribution >= 0.6 is 0 Å². The maximum absolute atomic E-state index is 12.6. The van der Waals surface area contributed by atoms with Gasteiger partial charge in [0.25, 0.3) is 0 Å². The van der Waals surface area contributed by atoms with Crippen LogP contribution in [0.5, 0.6) is 0 Å². The van der Waals surface area contributed by atoms with Crippen LogP contribution in [0.15, 0.2) is 12.1 Å². The van der Waals surface area contributed by atoms with Crippen LogP contribution in [-0.2, 0) is 6.18 Å². The molecule has 1 rings (SSSR count). The molecule has 0 amide bonds. The van der Waals surface area contributed by atoms with Crippen molar-refractivity contribution in [2.75, 3.05) is 18.5 Å². The molecule has 0 fully saturated rings. The van der Waals surface area contributed by atoms with E-state index in [2.05, 4.69) is 10.3 Å². The number of aromatic nitrogens is 1. The highest BCUT2D eigenvalue weighted by atomic mass is 19.4. The van der Waals surface area contributed by atoms with Crippen LogP contribution in [0.25, 0.3) is 0 Å². The predicted octanol–water partition coefficient (Wildman–Crippen LogP) is 1.34. The fraction of sp³-hybridized carbons (Fsp3) is 0.500. The van der Waals surface area contributed by atoms with Gasteiger partial charge in [0, 0.05) is 0 Å². The number of anilines is 1. The van der Waals surface area contributed by atoms with Gasteiger partial charge in [0.1, 0.15) is 17.1 Å². The van der Waals surface area contributed by atoms with Gasteiger partial charge in [-0.25, -0.2) is 9.78 Å². The van der Waals surface area contributed by atoms with Crippen molar-refractivity contribution in [2.24, 2.45) is 0 Å². The minimum atomic E-state index is -4.74.